The first-order valence-electron chi connectivity index (χ1n) is 9.36. The van der Waals surface area contributed by atoms with E-state index in [1.807, 2.05) is 55.1 Å². The number of carbonyl (C=O) groups is 1. The minimum atomic E-state index is -0.299. The van der Waals surface area contributed by atoms with Gasteiger partial charge in [0.1, 0.15) is 11.4 Å². The van der Waals surface area contributed by atoms with Crippen molar-refractivity contribution in [2.24, 2.45) is 0 Å². The average Bonchev–Trinajstić information content (AvgIpc) is 2.74. The normalized spacial score (nSPS) is 10.4. The highest BCUT2D eigenvalue weighted by Gasteiger charge is 2.14. The van der Waals surface area contributed by atoms with Crippen LogP contribution in [0.4, 0.5) is 11.6 Å². The van der Waals surface area contributed by atoms with Gasteiger partial charge in [0.2, 0.25) is 5.95 Å². The molecule has 0 atom stereocenters. The summed E-state index contributed by atoms with van der Waals surface area (Å²) in [5.41, 5.74) is 2.09. The zero-order valence-electron chi connectivity index (χ0n) is 16.1. The van der Waals surface area contributed by atoms with E-state index in [0.29, 0.717) is 36.2 Å². The molecule has 0 radical (unpaired) electrons. The maximum absolute atomic E-state index is 12.7. The second-order valence-corrected chi connectivity index (χ2v) is 6.12. The maximum atomic E-state index is 12.7. The Bertz CT molecular complexity index is 915. The van der Waals surface area contributed by atoms with Crippen LogP contribution in [-0.4, -0.2) is 29.0 Å². The molecule has 0 saturated heterocycles. The van der Waals surface area contributed by atoms with Crippen LogP contribution >= 0.6 is 0 Å². The minimum absolute atomic E-state index is 0.299. The molecule has 6 heteroatoms. The average molecular weight is 376 g/mol. The highest BCUT2D eigenvalue weighted by atomic mass is 16.5. The predicted octanol–water partition coefficient (Wildman–Crippen LogP) is 4.15. The van der Waals surface area contributed by atoms with Gasteiger partial charge in [-0.25, -0.2) is 9.97 Å². The summed E-state index contributed by atoms with van der Waals surface area (Å²) in [5.74, 6) is 0.857. The Balaban J connectivity index is 1.77. The Kier molecular flexibility index (Phi) is 6.57. The lowest BCUT2D eigenvalue weighted by Gasteiger charge is -2.21. The Morgan fingerprint density at radius 2 is 1.79 bits per heavy atom. The van der Waals surface area contributed by atoms with Crippen LogP contribution in [0.2, 0.25) is 0 Å². The zero-order valence-corrected chi connectivity index (χ0v) is 16.1. The molecule has 0 aliphatic carbocycles. The topological polar surface area (TPSA) is 67.3 Å². The molecule has 0 aliphatic rings. The first-order valence-corrected chi connectivity index (χ1v) is 9.36. The van der Waals surface area contributed by atoms with E-state index in [1.165, 1.54) is 0 Å². The molecule has 0 unspecified atom stereocenters. The van der Waals surface area contributed by atoms with Gasteiger partial charge in [-0.2, -0.15) is 0 Å². The number of carbonyl (C=O) groups excluding carboxylic acids is 1. The van der Waals surface area contributed by atoms with Crippen molar-refractivity contribution in [2.75, 3.05) is 23.4 Å². The SMILES string of the molecule is CCOc1ccccc1NC(=O)c1ccnc(N(CC)Cc2ccccc2)n1. The zero-order chi connectivity index (χ0) is 19.8. The number of nitrogens with zero attached hydrogens (tertiary/aromatic N) is 3. The summed E-state index contributed by atoms with van der Waals surface area (Å²) in [6.45, 7) is 5.87. The number of hydrogen-bond acceptors (Lipinski definition) is 5. The highest BCUT2D eigenvalue weighted by Crippen LogP contribution is 2.24. The van der Waals surface area contributed by atoms with E-state index in [-0.39, 0.29) is 5.91 Å². The van der Waals surface area contributed by atoms with Gasteiger partial charge in [0.15, 0.2) is 0 Å². The smallest absolute Gasteiger partial charge is 0.274 e. The van der Waals surface area contributed by atoms with Gasteiger partial charge in [-0.3, -0.25) is 4.79 Å². The third-order valence-electron chi connectivity index (χ3n) is 4.19. The largest absolute Gasteiger partial charge is 0.492 e. The van der Waals surface area contributed by atoms with E-state index in [0.717, 1.165) is 12.1 Å². The summed E-state index contributed by atoms with van der Waals surface area (Å²) >= 11 is 0. The van der Waals surface area contributed by atoms with Crippen LogP contribution in [0.25, 0.3) is 0 Å². The second kappa shape index (κ2) is 9.50. The quantitative estimate of drug-likeness (QED) is 0.640. The number of aromatic nitrogens is 2. The molecule has 0 saturated carbocycles. The van der Waals surface area contributed by atoms with Crippen molar-refractivity contribution in [2.45, 2.75) is 20.4 Å². The fourth-order valence-electron chi connectivity index (χ4n) is 2.79. The first-order chi connectivity index (χ1) is 13.7. The lowest BCUT2D eigenvalue weighted by atomic mass is 10.2. The van der Waals surface area contributed by atoms with E-state index in [9.17, 15) is 4.79 Å². The minimum Gasteiger partial charge on any atom is -0.492 e. The molecule has 3 aromatic rings. The molecule has 28 heavy (non-hydrogen) atoms. The molecule has 1 amide bonds. The molecule has 0 fully saturated rings. The third kappa shape index (κ3) is 4.85. The molecule has 6 nitrogen and oxygen atoms in total. The molecule has 0 bridgehead atoms. The van der Waals surface area contributed by atoms with Crippen molar-refractivity contribution in [3.8, 4) is 5.75 Å². The number of nitrogens with one attached hydrogen (secondary N) is 1. The summed E-state index contributed by atoms with van der Waals surface area (Å²) in [6.07, 6.45) is 1.61. The Morgan fingerprint density at radius 1 is 1.04 bits per heavy atom. The van der Waals surface area contributed by atoms with Crippen molar-refractivity contribution in [1.82, 2.24) is 9.97 Å². The molecule has 0 spiro atoms. The monoisotopic (exact) mass is 376 g/mol. The van der Waals surface area contributed by atoms with Crippen LogP contribution < -0.4 is 15.0 Å². The molecular formula is C22H24N4O2. The van der Waals surface area contributed by atoms with Crippen molar-refractivity contribution in [1.29, 1.82) is 0 Å². The van der Waals surface area contributed by atoms with Crippen LogP contribution in [0.5, 0.6) is 5.75 Å². The van der Waals surface area contributed by atoms with Crippen LogP contribution in [-0.2, 0) is 6.54 Å². The summed E-state index contributed by atoms with van der Waals surface area (Å²) in [4.78, 5) is 23.6. The summed E-state index contributed by atoms with van der Waals surface area (Å²) in [7, 11) is 0. The van der Waals surface area contributed by atoms with E-state index >= 15 is 0 Å². The molecule has 3 rings (SSSR count). The molecule has 0 aliphatic heterocycles. The molecular weight excluding hydrogens is 352 g/mol. The van der Waals surface area contributed by atoms with Crippen molar-refractivity contribution < 1.29 is 9.53 Å². The molecule has 1 N–H and O–H groups in total. The highest BCUT2D eigenvalue weighted by molar-refractivity contribution is 6.03. The predicted molar refractivity (Wildman–Crippen MR) is 111 cm³/mol. The van der Waals surface area contributed by atoms with Gasteiger partial charge in [0, 0.05) is 19.3 Å². The standard InChI is InChI=1S/C22H24N4O2/c1-3-26(16-17-10-6-5-7-11-17)22-23-15-14-19(25-22)21(27)24-18-12-8-9-13-20(18)28-4-2/h5-15H,3-4,16H2,1-2H3,(H,24,27). The maximum Gasteiger partial charge on any atom is 0.274 e. The molecule has 2 aromatic carbocycles. The molecule has 1 aromatic heterocycles. The van der Waals surface area contributed by atoms with Crippen LogP contribution in [0.3, 0.4) is 0 Å². The summed E-state index contributed by atoms with van der Waals surface area (Å²) < 4.78 is 5.56. The van der Waals surface area contributed by atoms with Gasteiger partial charge in [0.05, 0.1) is 12.3 Å². The van der Waals surface area contributed by atoms with Crippen molar-refractivity contribution in [3.63, 3.8) is 0 Å². The van der Waals surface area contributed by atoms with Gasteiger partial charge in [0.25, 0.3) is 5.91 Å². The molecule has 144 valence electrons. The number of ether oxygens (including phenoxy) is 1. The van der Waals surface area contributed by atoms with E-state index in [2.05, 4.69) is 27.4 Å². The number of para-hydroxylation sites is 2. The van der Waals surface area contributed by atoms with Gasteiger partial charge in [-0.05, 0) is 37.6 Å². The number of rotatable bonds is 8. The van der Waals surface area contributed by atoms with E-state index < -0.39 is 0 Å². The molecule has 1 heterocycles. The van der Waals surface area contributed by atoms with E-state index in [1.54, 1.807) is 18.3 Å². The Hall–Kier alpha value is -3.41. The second-order valence-electron chi connectivity index (χ2n) is 6.12. The lowest BCUT2D eigenvalue weighted by Crippen LogP contribution is -2.25. The number of hydrogen-bond donors (Lipinski definition) is 1. The number of amides is 1. The fourth-order valence-corrected chi connectivity index (χ4v) is 2.79. The fraction of sp³-hybridized carbons (Fsp3) is 0.227. The van der Waals surface area contributed by atoms with Gasteiger partial charge >= 0.3 is 0 Å². The Labute approximate surface area is 165 Å². The van der Waals surface area contributed by atoms with Gasteiger partial charge in [-0.1, -0.05) is 42.5 Å². The van der Waals surface area contributed by atoms with Crippen LogP contribution in [0, 0.1) is 0 Å². The lowest BCUT2D eigenvalue weighted by molar-refractivity contribution is 0.102. The summed E-state index contributed by atoms with van der Waals surface area (Å²) in [6, 6.07) is 19.1. The van der Waals surface area contributed by atoms with E-state index in [4.69, 9.17) is 4.74 Å². The van der Waals surface area contributed by atoms with Gasteiger partial charge in [-0.15, -0.1) is 0 Å². The summed E-state index contributed by atoms with van der Waals surface area (Å²) in [5, 5.41) is 2.87. The first kappa shape index (κ1) is 19.4. The third-order valence-corrected chi connectivity index (χ3v) is 4.19. The van der Waals surface area contributed by atoms with Crippen molar-refractivity contribution in [3.05, 3.63) is 78.1 Å². The number of benzene rings is 2. The van der Waals surface area contributed by atoms with Crippen LogP contribution in [0.1, 0.15) is 29.9 Å². The van der Waals surface area contributed by atoms with Gasteiger partial charge < -0.3 is 15.0 Å². The van der Waals surface area contributed by atoms with Crippen molar-refractivity contribution >= 4 is 17.5 Å². The Morgan fingerprint density at radius 3 is 2.54 bits per heavy atom. The number of anilines is 2. The van der Waals surface area contributed by atoms with Crippen LogP contribution in [0.15, 0.2) is 66.9 Å².